The zero-order valence-electron chi connectivity index (χ0n) is 17.6. The Morgan fingerprint density at radius 1 is 1.26 bits per heavy atom. The molecule has 0 aliphatic rings. The number of hydrogen-bond donors (Lipinski definition) is 2. The summed E-state index contributed by atoms with van der Waals surface area (Å²) in [5.74, 6) is 0.148. The third-order valence-electron chi connectivity index (χ3n) is 4.80. The minimum Gasteiger partial charge on any atom is -0.496 e. The number of methoxy groups -OCH3 is 2. The number of rotatable bonds is 9. The number of anilines is 1. The molecule has 1 amide bonds. The van der Waals surface area contributed by atoms with Gasteiger partial charge in [0.15, 0.2) is 0 Å². The summed E-state index contributed by atoms with van der Waals surface area (Å²) in [6.07, 6.45) is 2.31. The summed E-state index contributed by atoms with van der Waals surface area (Å²) in [7, 11) is 6.43. The van der Waals surface area contributed by atoms with Crippen LogP contribution in [0, 0.1) is 0 Å². The second kappa shape index (κ2) is 9.19. The first kappa shape index (κ1) is 22.3. The van der Waals surface area contributed by atoms with Crippen molar-refractivity contribution in [3.8, 4) is 22.6 Å². The van der Waals surface area contributed by atoms with Crippen molar-refractivity contribution < 1.29 is 24.2 Å². The van der Waals surface area contributed by atoms with Gasteiger partial charge in [0.2, 0.25) is 6.41 Å². The molecule has 10 heteroatoms. The molecule has 2 aromatic heterocycles. The van der Waals surface area contributed by atoms with Crippen molar-refractivity contribution in [3.05, 3.63) is 40.3 Å². The van der Waals surface area contributed by atoms with Gasteiger partial charge in [-0.15, -0.1) is 11.3 Å². The van der Waals surface area contributed by atoms with E-state index in [-0.39, 0.29) is 12.1 Å². The number of amides is 1. The Morgan fingerprint density at radius 2 is 1.90 bits per heavy atom. The number of thiophene rings is 1. The minimum atomic E-state index is -0.929. The second-order valence-electron chi connectivity index (χ2n) is 7.00. The summed E-state index contributed by atoms with van der Waals surface area (Å²) in [5, 5.41) is 12.7. The van der Waals surface area contributed by atoms with Gasteiger partial charge in [-0.25, -0.2) is 0 Å². The highest BCUT2D eigenvalue weighted by atomic mass is 32.1. The number of carboxylic acid groups (broad SMARTS) is 1. The van der Waals surface area contributed by atoms with Crippen molar-refractivity contribution in [3.63, 3.8) is 0 Å². The first-order valence-electron chi connectivity index (χ1n) is 9.28. The topological polar surface area (TPSA) is 110 Å². The molecule has 3 rings (SSSR count). The number of benzene rings is 1. The average Bonchev–Trinajstić information content (AvgIpc) is 3.14. The van der Waals surface area contributed by atoms with E-state index in [1.807, 2.05) is 12.1 Å². The lowest BCUT2D eigenvalue weighted by Gasteiger charge is -2.20. The third kappa shape index (κ3) is 4.54. The fourth-order valence-corrected chi connectivity index (χ4v) is 4.48. The van der Waals surface area contributed by atoms with Crippen molar-refractivity contribution in [2.75, 3.05) is 33.1 Å². The van der Waals surface area contributed by atoms with Crippen LogP contribution in [-0.2, 0) is 23.2 Å². The van der Waals surface area contributed by atoms with Gasteiger partial charge in [-0.2, -0.15) is 0 Å². The van der Waals surface area contributed by atoms with Crippen molar-refractivity contribution >= 4 is 38.8 Å². The van der Waals surface area contributed by atoms with Crippen LogP contribution in [0.3, 0.4) is 0 Å². The van der Waals surface area contributed by atoms with Crippen molar-refractivity contribution in [1.82, 2.24) is 9.47 Å². The average molecular weight is 445 g/mol. The van der Waals surface area contributed by atoms with Crippen LogP contribution in [0.5, 0.6) is 11.5 Å². The number of nitrogens with one attached hydrogen (secondary N) is 1. The molecule has 0 unspecified atom stereocenters. The molecule has 2 heterocycles. The molecule has 0 aliphatic heterocycles. The van der Waals surface area contributed by atoms with Gasteiger partial charge in [-0.3, -0.25) is 19.3 Å². The lowest BCUT2D eigenvalue weighted by atomic mass is 10.0. The largest absolute Gasteiger partial charge is 0.496 e. The van der Waals surface area contributed by atoms with Gasteiger partial charge in [0.1, 0.15) is 11.5 Å². The van der Waals surface area contributed by atoms with Crippen molar-refractivity contribution in [2.45, 2.75) is 6.54 Å². The molecule has 0 atom stereocenters. The number of hydrogen-bond acceptors (Lipinski definition) is 7. The van der Waals surface area contributed by atoms with E-state index in [0.717, 1.165) is 15.8 Å². The Labute approximate surface area is 182 Å². The summed E-state index contributed by atoms with van der Waals surface area (Å²) in [6.45, 7) is 0.186. The highest BCUT2D eigenvalue weighted by Crippen LogP contribution is 2.40. The highest BCUT2D eigenvalue weighted by Gasteiger charge is 2.19. The zero-order valence-corrected chi connectivity index (χ0v) is 18.4. The molecule has 0 saturated carbocycles. The summed E-state index contributed by atoms with van der Waals surface area (Å²) in [5.41, 5.74) is 2.09. The molecule has 164 valence electrons. The van der Waals surface area contributed by atoms with E-state index in [1.165, 1.54) is 30.1 Å². The molecule has 0 saturated heterocycles. The van der Waals surface area contributed by atoms with E-state index < -0.39 is 5.97 Å². The number of nitrogens with zero attached hydrogens (tertiary/aromatic N) is 2. The standard InChI is InChI=1S/C21H23N3O6S/c1-23(10-19(26)27)8-15-16(29-3)5-12(6-17(15)30-4)14-9-24(2)21(28)13-7-18(22-11-25)31-20(13)14/h5-7,9,11H,8,10H2,1-4H3,(H,22,25)(H,26,27). The number of aliphatic carboxylic acids is 1. The SMILES string of the molecule is COc1cc(-c2cn(C)c(=O)c3cc(NC=O)sc23)cc(OC)c1CN(C)CC(=O)O. The lowest BCUT2D eigenvalue weighted by molar-refractivity contribution is -0.138. The summed E-state index contributed by atoms with van der Waals surface area (Å²) >= 11 is 1.30. The lowest BCUT2D eigenvalue weighted by Crippen LogP contribution is -2.25. The molecule has 3 aromatic rings. The van der Waals surface area contributed by atoms with E-state index in [2.05, 4.69) is 5.32 Å². The number of aryl methyl sites for hydroxylation is 1. The predicted molar refractivity (Wildman–Crippen MR) is 119 cm³/mol. The van der Waals surface area contributed by atoms with Crippen LogP contribution < -0.4 is 20.3 Å². The third-order valence-corrected chi connectivity index (χ3v) is 5.90. The Kier molecular flexibility index (Phi) is 6.62. The van der Waals surface area contributed by atoms with E-state index in [1.54, 1.807) is 31.3 Å². The van der Waals surface area contributed by atoms with Crippen molar-refractivity contribution in [1.29, 1.82) is 0 Å². The molecular weight excluding hydrogens is 422 g/mol. The van der Waals surface area contributed by atoms with Gasteiger partial charge in [-0.1, -0.05) is 0 Å². The minimum absolute atomic E-state index is 0.128. The van der Waals surface area contributed by atoms with E-state index >= 15 is 0 Å². The summed E-state index contributed by atoms with van der Waals surface area (Å²) in [4.78, 5) is 36.1. The van der Waals surface area contributed by atoms with E-state index in [0.29, 0.717) is 40.4 Å². The van der Waals surface area contributed by atoms with Gasteiger partial charge in [0, 0.05) is 25.4 Å². The molecule has 1 aromatic carbocycles. The molecule has 0 bridgehead atoms. The number of likely N-dealkylation sites (N-methyl/N-ethyl adjacent to an activating group) is 1. The normalized spacial score (nSPS) is 11.0. The summed E-state index contributed by atoms with van der Waals surface area (Å²) in [6, 6.07) is 5.32. The second-order valence-corrected chi connectivity index (χ2v) is 8.05. The van der Waals surface area contributed by atoms with Gasteiger partial charge in [0.25, 0.3) is 5.56 Å². The quantitative estimate of drug-likeness (QED) is 0.487. The van der Waals surface area contributed by atoms with Crippen LogP contribution in [-0.4, -0.2) is 54.8 Å². The van der Waals surface area contributed by atoms with Crippen LogP contribution in [0.25, 0.3) is 21.2 Å². The first-order chi connectivity index (χ1) is 14.8. The smallest absolute Gasteiger partial charge is 0.317 e. The maximum Gasteiger partial charge on any atom is 0.317 e. The van der Waals surface area contributed by atoms with Crippen LogP contribution in [0.1, 0.15) is 5.56 Å². The Bertz CT molecular complexity index is 1170. The molecule has 2 N–H and O–H groups in total. The molecule has 0 radical (unpaired) electrons. The fourth-order valence-electron chi connectivity index (χ4n) is 3.44. The molecule has 0 aliphatic carbocycles. The number of fused-ring (bicyclic) bond motifs is 1. The number of pyridine rings is 1. The molecular formula is C21H23N3O6S. The molecule has 31 heavy (non-hydrogen) atoms. The van der Waals surface area contributed by atoms with Gasteiger partial charge >= 0.3 is 5.97 Å². The van der Waals surface area contributed by atoms with Gasteiger partial charge < -0.3 is 24.5 Å². The Morgan fingerprint density at radius 3 is 2.45 bits per heavy atom. The maximum absolute atomic E-state index is 12.6. The molecule has 0 spiro atoms. The maximum atomic E-state index is 12.6. The Balaban J connectivity index is 2.18. The van der Waals surface area contributed by atoms with Gasteiger partial charge in [0.05, 0.1) is 41.4 Å². The van der Waals surface area contributed by atoms with Crippen LogP contribution in [0.2, 0.25) is 0 Å². The van der Waals surface area contributed by atoms with Gasteiger partial charge in [-0.05, 0) is 30.8 Å². The van der Waals surface area contributed by atoms with Crippen LogP contribution in [0.15, 0.2) is 29.2 Å². The van der Waals surface area contributed by atoms with E-state index in [9.17, 15) is 14.4 Å². The predicted octanol–water partition coefficient (Wildman–Crippen LogP) is 2.37. The number of aromatic nitrogens is 1. The van der Waals surface area contributed by atoms with Crippen LogP contribution >= 0.6 is 11.3 Å². The number of ether oxygens (including phenoxy) is 2. The summed E-state index contributed by atoms with van der Waals surface area (Å²) < 4.78 is 13.4. The highest BCUT2D eigenvalue weighted by molar-refractivity contribution is 7.23. The Hall–Kier alpha value is -3.37. The van der Waals surface area contributed by atoms with Crippen molar-refractivity contribution in [2.24, 2.45) is 7.05 Å². The molecule has 9 nitrogen and oxygen atoms in total. The number of carboxylic acids is 1. The zero-order chi connectivity index (χ0) is 22.7. The number of carbonyl (C=O) groups is 2. The number of carbonyl (C=O) groups excluding carboxylic acids is 1. The monoisotopic (exact) mass is 445 g/mol. The fraction of sp³-hybridized carbons (Fsp3) is 0.286. The molecule has 0 fully saturated rings. The first-order valence-corrected chi connectivity index (χ1v) is 10.1. The van der Waals surface area contributed by atoms with Crippen LogP contribution in [0.4, 0.5) is 5.00 Å². The van der Waals surface area contributed by atoms with E-state index in [4.69, 9.17) is 14.6 Å².